The number of ether oxygens (including phenoxy) is 1. The molecule has 0 saturated carbocycles. The molecule has 0 bridgehead atoms. The maximum absolute atomic E-state index is 14.5. The number of hydrogen-bond acceptors (Lipinski definition) is 3. The summed E-state index contributed by atoms with van der Waals surface area (Å²) in [5, 5.41) is 5.72. The monoisotopic (exact) mass is 332 g/mol. The summed E-state index contributed by atoms with van der Waals surface area (Å²) in [6.45, 7) is 2.86. The lowest BCUT2D eigenvalue weighted by Gasteiger charge is -2.20. The molecule has 2 aromatic carbocycles. The average Bonchev–Trinajstić information content (AvgIpc) is 2.57. The van der Waals surface area contributed by atoms with Gasteiger partial charge in [0.15, 0.2) is 6.10 Å². The highest BCUT2D eigenvalue weighted by atomic mass is 19.1. The van der Waals surface area contributed by atoms with Gasteiger partial charge in [0, 0.05) is 12.6 Å². The van der Waals surface area contributed by atoms with Crippen LogP contribution in [0.15, 0.2) is 36.4 Å². The summed E-state index contributed by atoms with van der Waals surface area (Å²) in [4.78, 5) is 12.2. The lowest BCUT2D eigenvalue weighted by molar-refractivity contribution is -0.122. The summed E-state index contributed by atoms with van der Waals surface area (Å²) in [6.07, 6.45) is -0.302. The Morgan fingerprint density at radius 2 is 2.12 bits per heavy atom. The van der Waals surface area contributed by atoms with Gasteiger partial charge in [0.2, 0.25) is 0 Å². The molecule has 1 unspecified atom stereocenters. The lowest BCUT2D eigenvalue weighted by Crippen LogP contribution is -2.31. The van der Waals surface area contributed by atoms with Crippen molar-refractivity contribution in [2.45, 2.75) is 26.0 Å². The number of carbonyl (C=O) groups excluding carboxylic acids is 1. The molecule has 2 N–H and O–H groups in total. The number of amides is 1. The molecule has 0 saturated heterocycles. The summed E-state index contributed by atoms with van der Waals surface area (Å²) < 4.78 is 33.1. The largest absolute Gasteiger partial charge is 0.481 e. The molecule has 126 valence electrons. The fourth-order valence-electron chi connectivity index (χ4n) is 2.66. The number of hydrogen-bond donors (Lipinski definition) is 2. The second-order valence-corrected chi connectivity index (χ2v) is 5.70. The Balaban J connectivity index is 1.70. The molecule has 1 heterocycles. The molecule has 2 aromatic rings. The number of nitrogens with one attached hydrogen (secondary N) is 2. The minimum absolute atomic E-state index is 0.135. The van der Waals surface area contributed by atoms with Crippen LogP contribution in [0.4, 0.5) is 14.5 Å². The maximum atomic E-state index is 14.5. The van der Waals surface area contributed by atoms with Gasteiger partial charge in [-0.05, 0) is 49.2 Å². The van der Waals surface area contributed by atoms with Crippen LogP contribution in [0.2, 0.25) is 0 Å². The van der Waals surface area contributed by atoms with Gasteiger partial charge in [0.25, 0.3) is 5.91 Å². The predicted molar refractivity (Wildman–Crippen MR) is 86.9 cm³/mol. The molecular weight excluding hydrogens is 314 g/mol. The van der Waals surface area contributed by atoms with Crippen molar-refractivity contribution in [2.24, 2.45) is 0 Å². The molecule has 1 amide bonds. The second-order valence-electron chi connectivity index (χ2n) is 5.70. The van der Waals surface area contributed by atoms with Crippen molar-refractivity contribution in [1.82, 2.24) is 5.32 Å². The van der Waals surface area contributed by atoms with E-state index in [4.69, 9.17) is 4.74 Å². The van der Waals surface area contributed by atoms with Crippen molar-refractivity contribution in [3.05, 3.63) is 59.2 Å². The van der Waals surface area contributed by atoms with Crippen LogP contribution in [-0.4, -0.2) is 18.6 Å². The Kier molecular flexibility index (Phi) is 4.76. The molecule has 0 radical (unpaired) electrons. The Bertz CT molecular complexity index is 765. The molecule has 0 aromatic heterocycles. The zero-order valence-electron chi connectivity index (χ0n) is 13.2. The van der Waals surface area contributed by atoms with E-state index in [0.29, 0.717) is 25.1 Å². The van der Waals surface area contributed by atoms with Gasteiger partial charge < -0.3 is 15.4 Å². The van der Waals surface area contributed by atoms with Crippen molar-refractivity contribution in [2.75, 3.05) is 11.9 Å². The van der Waals surface area contributed by atoms with Crippen LogP contribution < -0.4 is 15.4 Å². The minimum Gasteiger partial charge on any atom is -0.481 e. The Hall–Kier alpha value is -2.47. The topological polar surface area (TPSA) is 50.4 Å². The molecule has 6 heteroatoms. The summed E-state index contributed by atoms with van der Waals surface area (Å²) in [5.41, 5.74) is 1.67. The summed E-state index contributed by atoms with van der Waals surface area (Å²) >= 11 is 0. The quantitative estimate of drug-likeness (QED) is 0.905. The van der Waals surface area contributed by atoms with E-state index in [1.165, 1.54) is 25.1 Å². The fourth-order valence-corrected chi connectivity index (χ4v) is 2.66. The first-order valence-electron chi connectivity index (χ1n) is 7.78. The third kappa shape index (κ3) is 3.54. The zero-order chi connectivity index (χ0) is 17.1. The average molecular weight is 332 g/mol. The van der Waals surface area contributed by atoms with E-state index in [9.17, 15) is 13.6 Å². The van der Waals surface area contributed by atoms with Crippen LogP contribution in [0.5, 0.6) is 5.75 Å². The van der Waals surface area contributed by atoms with Gasteiger partial charge in [-0.1, -0.05) is 12.1 Å². The molecule has 0 fully saturated rings. The molecular formula is C18H18F2N2O2. The number of rotatable bonds is 4. The first kappa shape index (κ1) is 16.4. The van der Waals surface area contributed by atoms with Gasteiger partial charge in [0.05, 0.1) is 5.69 Å². The number of carbonyl (C=O) groups is 1. The predicted octanol–water partition coefficient (Wildman–Crippen LogP) is 3.02. The van der Waals surface area contributed by atoms with Crippen molar-refractivity contribution in [3.63, 3.8) is 0 Å². The van der Waals surface area contributed by atoms with Crippen molar-refractivity contribution in [1.29, 1.82) is 0 Å². The Morgan fingerprint density at radius 1 is 1.29 bits per heavy atom. The standard InChI is InChI=1S/C18H18F2N2O2/c1-11(24-14-4-2-3-13(19)9-14)18(23)22-16-6-5-12-10-21-8-7-15(12)17(16)20/h2-6,9,11,21H,7-8,10H2,1H3,(H,22,23). The zero-order valence-corrected chi connectivity index (χ0v) is 13.2. The molecule has 1 aliphatic heterocycles. The molecule has 0 aliphatic carbocycles. The van der Waals surface area contributed by atoms with Crippen LogP contribution in [0.3, 0.4) is 0 Å². The molecule has 1 aliphatic rings. The normalized spacial score (nSPS) is 14.6. The molecule has 24 heavy (non-hydrogen) atoms. The van der Waals surface area contributed by atoms with E-state index in [1.807, 2.05) is 0 Å². The van der Waals surface area contributed by atoms with Gasteiger partial charge in [-0.3, -0.25) is 4.79 Å². The van der Waals surface area contributed by atoms with Gasteiger partial charge in [-0.2, -0.15) is 0 Å². The van der Waals surface area contributed by atoms with E-state index < -0.39 is 23.6 Å². The lowest BCUT2D eigenvalue weighted by atomic mass is 9.99. The second kappa shape index (κ2) is 6.97. The van der Waals surface area contributed by atoms with Crippen LogP contribution >= 0.6 is 0 Å². The van der Waals surface area contributed by atoms with Crippen LogP contribution in [0.1, 0.15) is 18.1 Å². The first-order valence-corrected chi connectivity index (χ1v) is 7.78. The third-order valence-corrected chi connectivity index (χ3v) is 3.94. The van der Waals surface area contributed by atoms with Gasteiger partial charge in [-0.25, -0.2) is 8.78 Å². The minimum atomic E-state index is -0.885. The Morgan fingerprint density at radius 3 is 2.92 bits per heavy atom. The van der Waals surface area contributed by atoms with E-state index >= 15 is 0 Å². The van der Waals surface area contributed by atoms with E-state index in [2.05, 4.69) is 10.6 Å². The van der Waals surface area contributed by atoms with E-state index in [1.54, 1.807) is 18.2 Å². The van der Waals surface area contributed by atoms with E-state index in [0.717, 1.165) is 5.56 Å². The smallest absolute Gasteiger partial charge is 0.265 e. The van der Waals surface area contributed by atoms with Crippen LogP contribution in [-0.2, 0) is 17.8 Å². The van der Waals surface area contributed by atoms with Crippen molar-refractivity contribution in [3.8, 4) is 5.75 Å². The molecule has 0 spiro atoms. The third-order valence-electron chi connectivity index (χ3n) is 3.94. The SMILES string of the molecule is CC(Oc1cccc(F)c1)C(=O)Nc1ccc2c(c1F)CCNC2. The highest BCUT2D eigenvalue weighted by molar-refractivity contribution is 5.94. The Labute approximate surface area is 138 Å². The molecule has 3 rings (SSSR count). The van der Waals surface area contributed by atoms with E-state index in [-0.39, 0.29) is 11.4 Å². The maximum Gasteiger partial charge on any atom is 0.265 e. The highest BCUT2D eigenvalue weighted by Crippen LogP contribution is 2.25. The highest BCUT2D eigenvalue weighted by Gasteiger charge is 2.20. The number of fused-ring (bicyclic) bond motifs is 1. The summed E-state index contributed by atoms with van der Waals surface area (Å²) in [6, 6.07) is 8.88. The molecule has 4 nitrogen and oxygen atoms in total. The summed E-state index contributed by atoms with van der Waals surface area (Å²) in [5.74, 6) is -1.10. The van der Waals surface area contributed by atoms with Crippen molar-refractivity contribution < 1.29 is 18.3 Å². The first-order chi connectivity index (χ1) is 11.5. The van der Waals surface area contributed by atoms with Crippen LogP contribution in [0.25, 0.3) is 0 Å². The van der Waals surface area contributed by atoms with Crippen molar-refractivity contribution >= 4 is 11.6 Å². The van der Waals surface area contributed by atoms with Crippen LogP contribution in [0, 0.1) is 11.6 Å². The number of halogens is 2. The number of anilines is 1. The van der Waals surface area contributed by atoms with Gasteiger partial charge in [-0.15, -0.1) is 0 Å². The van der Waals surface area contributed by atoms with Gasteiger partial charge >= 0.3 is 0 Å². The summed E-state index contributed by atoms with van der Waals surface area (Å²) in [7, 11) is 0. The van der Waals surface area contributed by atoms with Gasteiger partial charge in [0.1, 0.15) is 17.4 Å². The molecule has 1 atom stereocenters. The fraction of sp³-hybridized carbons (Fsp3) is 0.278. The number of benzene rings is 2.